The van der Waals surface area contributed by atoms with E-state index in [1.54, 1.807) is 0 Å². The summed E-state index contributed by atoms with van der Waals surface area (Å²) >= 11 is 0. The number of nitrogens with one attached hydrogen (secondary N) is 1. The zero-order valence-electron chi connectivity index (χ0n) is 10.3. The number of ether oxygens (including phenoxy) is 1. The third kappa shape index (κ3) is 2.44. The second kappa shape index (κ2) is 4.55. The van der Waals surface area contributed by atoms with Gasteiger partial charge in [0, 0.05) is 5.69 Å². The van der Waals surface area contributed by atoms with Crippen LogP contribution in [0.1, 0.15) is 17.5 Å². The van der Waals surface area contributed by atoms with E-state index in [2.05, 4.69) is 10.1 Å². The van der Waals surface area contributed by atoms with Crippen LogP contribution in [0.15, 0.2) is 18.2 Å². The lowest BCUT2D eigenvalue weighted by Crippen LogP contribution is -2.22. The van der Waals surface area contributed by atoms with Gasteiger partial charge in [0.1, 0.15) is 6.10 Å². The minimum atomic E-state index is -3.34. The van der Waals surface area contributed by atoms with Gasteiger partial charge in [-0.15, -0.1) is 0 Å². The van der Waals surface area contributed by atoms with Crippen LogP contribution >= 0.6 is 0 Å². The number of esters is 1. The lowest BCUT2D eigenvalue weighted by atomic mass is 10.1. The van der Waals surface area contributed by atoms with Crippen LogP contribution in [0, 0.1) is 13.8 Å². The molecule has 1 N–H and O–H groups in total. The Morgan fingerprint density at radius 2 is 2.17 bits per heavy atom. The highest BCUT2D eigenvalue weighted by molar-refractivity contribution is 5.79. The van der Waals surface area contributed by atoms with Gasteiger partial charge in [-0.1, -0.05) is 12.1 Å². The van der Waals surface area contributed by atoms with Gasteiger partial charge in [0.15, 0.2) is 0 Å². The van der Waals surface area contributed by atoms with Crippen LogP contribution in [-0.4, -0.2) is 24.5 Å². The van der Waals surface area contributed by atoms with E-state index < -0.39 is 24.4 Å². The van der Waals surface area contributed by atoms with Crippen molar-refractivity contribution in [1.82, 2.24) is 0 Å². The van der Waals surface area contributed by atoms with Crippen LogP contribution in [-0.2, 0) is 9.53 Å². The average molecular weight is 255 g/mol. The van der Waals surface area contributed by atoms with Crippen LogP contribution < -0.4 is 5.32 Å². The molecule has 1 aromatic carbocycles. The topological polar surface area (TPSA) is 38.3 Å². The van der Waals surface area contributed by atoms with Gasteiger partial charge < -0.3 is 10.1 Å². The molecule has 1 unspecified atom stereocenters. The summed E-state index contributed by atoms with van der Waals surface area (Å²) in [4.78, 5) is 10.8. The zero-order valence-corrected chi connectivity index (χ0v) is 10.3. The molecule has 1 aromatic rings. The lowest BCUT2D eigenvalue weighted by molar-refractivity contribution is -0.158. The number of aryl methyl sites for hydroxylation is 1. The second-order valence-corrected chi connectivity index (χ2v) is 4.56. The van der Waals surface area contributed by atoms with Crippen molar-refractivity contribution in [3.63, 3.8) is 0 Å². The molecule has 0 amide bonds. The molecule has 3 nitrogen and oxygen atoms in total. The Bertz CT molecular complexity index is 474. The number of rotatable bonds is 3. The molecule has 1 aliphatic rings. The van der Waals surface area contributed by atoms with E-state index in [9.17, 15) is 13.6 Å². The predicted octanol–water partition coefficient (Wildman–Crippen LogP) is 2.67. The molecule has 0 bridgehead atoms. The summed E-state index contributed by atoms with van der Waals surface area (Å²) in [5.74, 6) is -4.76. The quantitative estimate of drug-likeness (QED) is 0.844. The fraction of sp³-hybridized carbons (Fsp3) is 0.462. The molecule has 2 rings (SSSR count). The first-order valence-electron chi connectivity index (χ1n) is 5.79. The summed E-state index contributed by atoms with van der Waals surface area (Å²) in [5.41, 5.74) is 3.06. The summed E-state index contributed by atoms with van der Waals surface area (Å²) in [5, 5.41) is 3.04. The molecule has 0 spiro atoms. The van der Waals surface area contributed by atoms with Crippen LogP contribution in [0.4, 0.5) is 14.5 Å². The van der Waals surface area contributed by atoms with E-state index in [4.69, 9.17) is 0 Å². The number of benzene rings is 1. The van der Waals surface area contributed by atoms with Gasteiger partial charge >= 0.3 is 11.9 Å². The Kier molecular flexibility index (Phi) is 3.24. The number of cyclic esters (lactones) is 1. The third-order valence-electron chi connectivity index (χ3n) is 3.18. The predicted molar refractivity (Wildman–Crippen MR) is 63.8 cm³/mol. The van der Waals surface area contributed by atoms with E-state index >= 15 is 0 Å². The summed E-state index contributed by atoms with van der Waals surface area (Å²) in [6.07, 6.45) is -1.32. The number of anilines is 1. The van der Waals surface area contributed by atoms with Crippen molar-refractivity contribution in [3.05, 3.63) is 29.3 Å². The summed E-state index contributed by atoms with van der Waals surface area (Å²) in [6.45, 7) is 4.13. The van der Waals surface area contributed by atoms with Gasteiger partial charge in [0.2, 0.25) is 0 Å². The first kappa shape index (κ1) is 12.8. The first-order valence-corrected chi connectivity index (χ1v) is 5.79. The van der Waals surface area contributed by atoms with Crippen molar-refractivity contribution in [3.8, 4) is 0 Å². The van der Waals surface area contributed by atoms with Crippen LogP contribution in [0.5, 0.6) is 0 Å². The Morgan fingerprint density at radius 1 is 1.44 bits per heavy atom. The van der Waals surface area contributed by atoms with E-state index in [0.29, 0.717) is 0 Å². The number of halogens is 2. The van der Waals surface area contributed by atoms with E-state index in [1.165, 1.54) is 0 Å². The molecule has 0 saturated carbocycles. The smallest absolute Gasteiger partial charge is 0.377 e. The molecule has 98 valence electrons. The monoisotopic (exact) mass is 255 g/mol. The number of carbonyl (C=O) groups is 1. The molecule has 5 heteroatoms. The molecule has 1 atom stereocenters. The highest BCUT2D eigenvalue weighted by Gasteiger charge is 2.50. The largest absolute Gasteiger partial charge is 0.456 e. The van der Waals surface area contributed by atoms with Gasteiger partial charge in [0.25, 0.3) is 0 Å². The number of hydrogen-bond donors (Lipinski definition) is 1. The molecule has 1 aliphatic heterocycles. The van der Waals surface area contributed by atoms with Crippen molar-refractivity contribution in [2.75, 3.05) is 11.9 Å². The minimum absolute atomic E-state index is 0.200. The van der Waals surface area contributed by atoms with Crippen LogP contribution in [0.25, 0.3) is 0 Å². The number of hydrogen-bond acceptors (Lipinski definition) is 3. The Labute approximate surface area is 104 Å². The van der Waals surface area contributed by atoms with Crippen LogP contribution in [0.3, 0.4) is 0 Å². The highest BCUT2D eigenvalue weighted by Crippen LogP contribution is 2.31. The van der Waals surface area contributed by atoms with E-state index in [1.807, 2.05) is 32.0 Å². The molecule has 1 saturated heterocycles. The first-order chi connectivity index (χ1) is 8.40. The van der Waals surface area contributed by atoms with Gasteiger partial charge in [0.05, 0.1) is 13.0 Å². The zero-order chi connectivity index (χ0) is 13.3. The SMILES string of the molecule is Cc1cccc(NCC2CC(F)(F)C(=O)O2)c1C. The third-order valence-corrected chi connectivity index (χ3v) is 3.18. The van der Waals surface area contributed by atoms with E-state index in [0.717, 1.165) is 16.8 Å². The minimum Gasteiger partial charge on any atom is -0.456 e. The van der Waals surface area contributed by atoms with Crippen molar-refractivity contribution in [2.24, 2.45) is 0 Å². The average Bonchev–Trinajstić information content (AvgIpc) is 2.55. The van der Waals surface area contributed by atoms with Gasteiger partial charge in [-0.2, -0.15) is 8.78 Å². The van der Waals surface area contributed by atoms with E-state index in [-0.39, 0.29) is 6.54 Å². The van der Waals surface area contributed by atoms with Crippen molar-refractivity contribution < 1.29 is 18.3 Å². The summed E-state index contributed by atoms with van der Waals surface area (Å²) in [7, 11) is 0. The maximum atomic E-state index is 13.0. The molecule has 0 aromatic heterocycles. The van der Waals surface area contributed by atoms with Crippen molar-refractivity contribution in [2.45, 2.75) is 32.3 Å². The summed E-state index contributed by atoms with van der Waals surface area (Å²) < 4.78 is 30.5. The molecule has 1 heterocycles. The molecular formula is C13H15F2NO2. The van der Waals surface area contributed by atoms with Gasteiger partial charge in [-0.25, -0.2) is 4.79 Å². The maximum Gasteiger partial charge on any atom is 0.377 e. The summed E-state index contributed by atoms with van der Waals surface area (Å²) in [6, 6.07) is 5.74. The Morgan fingerprint density at radius 3 is 2.78 bits per heavy atom. The maximum absolute atomic E-state index is 13.0. The Hall–Kier alpha value is -1.65. The number of alkyl halides is 2. The van der Waals surface area contributed by atoms with Crippen LogP contribution in [0.2, 0.25) is 0 Å². The molecule has 1 fully saturated rings. The van der Waals surface area contributed by atoms with Crippen molar-refractivity contribution in [1.29, 1.82) is 0 Å². The molecule has 18 heavy (non-hydrogen) atoms. The van der Waals surface area contributed by atoms with Gasteiger partial charge in [-0.05, 0) is 31.0 Å². The molecular weight excluding hydrogens is 240 g/mol. The molecule has 0 radical (unpaired) electrons. The lowest BCUT2D eigenvalue weighted by Gasteiger charge is -2.14. The highest BCUT2D eigenvalue weighted by atomic mass is 19.3. The molecule has 0 aliphatic carbocycles. The van der Waals surface area contributed by atoms with Gasteiger partial charge in [-0.3, -0.25) is 0 Å². The second-order valence-electron chi connectivity index (χ2n) is 4.56. The fourth-order valence-electron chi connectivity index (χ4n) is 1.93. The number of carbonyl (C=O) groups excluding carboxylic acids is 1. The standard InChI is InChI=1S/C13H15F2NO2/c1-8-4-3-5-11(9(8)2)16-7-10-6-13(14,15)12(17)18-10/h3-5,10,16H,6-7H2,1-2H3. The normalized spacial score (nSPS) is 21.8. The Balaban J connectivity index is 1.97. The fourth-order valence-corrected chi connectivity index (χ4v) is 1.93. The van der Waals surface area contributed by atoms with Crippen molar-refractivity contribution >= 4 is 11.7 Å².